The molecule has 1 aromatic heterocycles. The number of carbonyl (C=O) groups is 2. The van der Waals surface area contributed by atoms with Crippen LogP contribution in [0.4, 0.5) is 5.69 Å². The van der Waals surface area contributed by atoms with Gasteiger partial charge in [0.1, 0.15) is 28.6 Å². The van der Waals surface area contributed by atoms with Gasteiger partial charge in [-0.2, -0.15) is 0 Å². The molecular weight excluding hydrogens is 480 g/mol. The van der Waals surface area contributed by atoms with Crippen LogP contribution in [0.15, 0.2) is 102 Å². The van der Waals surface area contributed by atoms with Gasteiger partial charge in [-0.25, -0.2) is 0 Å². The van der Waals surface area contributed by atoms with Crippen molar-refractivity contribution in [1.82, 2.24) is 5.32 Å². The molecule has 4 aromatic rings. The molecule has 3 aromatic carbocycles. The number of ether oxygens (including phenoxy) is 2. The normalized spacial score (nSPS) is 14.7. The zero-order valence-corrected chi connectivity index (χ0v) is 19.8. The Balaban J connectivity index is 1.39. The number of anilines is 1. The van der Waals surface area contributed by atoms with E-state index in [4.69, 9.17) is 21.7 Å². The van der Waals surface area contributed by atoms with Crippen LogP contribution in [0, 0.1) is 0 Å². The highest BCUT2D eigenvalue weighted by Crippen LogP contribution is 2.33. The smallest absolute Gasteiger partial charge is 0.270 e. The van der Waals surface area contributed by atoms with Crippen molar-refractivity contribution in [3.63, 3.8) is 0 Å². The quantitative estimate of drug-likeness (QED) is 0.196. The van der Waals surface area contributed by atoms with Crippen molar-refractivity contribution in [2.45, 2.75) is 0 Å². The van der Waals surface area contributed by atoms with Crippen molar-refractivity contribution in [3.8, 4) is 23.0 Å². The van der Waals surface area contributed by atoms with Crippen molar-refractivity contribution in [2.75, 3.05) is 4.90 Å². The molecule has 1 saturated heterocycles. The Morgan fingerprint density at radius 2 is 1.37 bits per heavy atom. The number of amides is 2. The third kappa shape index (κ3) is 4.98. The third-order valence-corrected chi connectivity index (χ3v) is 6.21. The zero-order valence-electron chi connectivity index (χ0n) is 18.2. The molecule has 0 atom stereocenters. The van der Waals surface area contributed by atoms with Crippen LogP contribution in [-0.2, 0) is 9.59 Å². The molecule has 8 heteroatoms. The van der Waals surface area contributed by atoms with Gasteiger partial charge in [-0.1, -0.05) is 36.4 Å². The Labute approximate surface area is 211 Å². The van der Waals surface area contributed by atoms with Crippen LogP contribution in [-0.4, -0.2) is 16.9 Å². The average molecular weight is 499 g/mol. The number of benzene rings is 3. The lowest BCUT2D eigenvalue weighted by Crippen LogP contribution is -2.54. The number of hydrogen-bond acceptors (Lipinski definition) is 6. The molecule has 6 nitrogen and oxygen atoms in total. The van der Waals surface area contributed by atoms with Gasteiger partial charge in [0.2, 0.25) is 0 Å². The van der Waals surface area contributed by atoms with Crippen molar-refractivity contribution in [2.24, 2.45) is 0 Å². The van der Waals surface area contributed by atoms with Gasteiger partial charge in [-0.15, -0.1) is 11.3 Å². The SMILES string of the molecule is O=C1NC(=S)N(c2ccc(Oc3ccccc3)cc2)C(=O)/C1=C/c1sccc1Oc1ccccc1. The van der Waals surface area contributed by atoms with Gasteiger partial charge >= 0.3 is 0 Å². The number of thiophene rings is 1. The molecule has 0 spiro atoms. The molecule has 1 aliphatic heterocycles. The van der Waals surface area contributed by atoms with E-state index in [0.29, 0.717) is 33.6 Å². The standard InChI is InChI=1S/C27H18N2O4S2/c30-25-22(17-24-23(15-16-35-24)33-20-9-5-2-6-10-20)26(31)29(27(34)28-25)18-11-13-21(14-12-18)32-19-7-3-1-4-8-19/h1-17H,(H,28,30,34)/b22-17+. The lowest BCUT2D eigenvalue weighted by atomic mass is 10.1. The van der Waals surface area contributed by atoms with E-state index in [0.717, 1.165) is 0 Å². The minimum atomic E-state index is -0.556. The van der Waals surface area contributed by atoms with Gasteiger partial charge in [-0.05, 0) is 78.3 Å². The number of nitrogens with one attached hydrogen (secondary N) is 1. The molecular formula is C27H18N2O4S2. The predicted molar refractivity (Wildman–Crippen MR) is 140 cm³/mol. The van der Waals surface area contributed by atoms with Crippen LogP contribution in [0.5, 0.6) is 23.0 Å². The van der Waals surface area contributed by atoms with E-state index >= 15 is 0 Å². The van der Waals surface area contributed by atoms with Crippen LogP contribution in [0.25, 0.3) is 6.08 Å². The summed E-state index contributed by atoms with van der Waals surface area (Å²) in [6, 6.07) is 27.4. The minimum absolute atomic E-state index is 0.0146. The third-order valence-electron chi connectivity index (χ3n) is 5.08. The summed E-state index contributed by atoms with van der Waals surface area (Å²) in [7, 11) is 0. The second-order valence-electron chi connectivity index (χ2n) is 7.43. The topological polar surface area (TPSA) is 67.9 Å². The number of nitrogens with zero attached hydrogens (tertiary/aromatic N) is 1. The second kappa shape index (κ2) is 9.92. The maximum atomic E-state index is 13.4. The molecule has 0 saturated carbocycles. The predicted octanol–water partition coefficient (Wildman–Crippen LogP) is 6.16. The lowest BCUT2D eigenvalue weighted by Gasteiger charge is -2.29. The molecule has 0 aliphatic carbocycles. The van der Waals surface area contributed by atoms with Gasteiger partial charge in [0.25, 0.3) is 11.8 Å². The maximum Gasteiger partial charge on any atom is 0.270 e. The van der Waals surface area contributed by atoms with Gasteiger partial charge in [-0.3, -0.25) is 19.8 Å². The first-order valence-corrected chi connectivity index (χ1v) is 11.9. The summed E-state index contributed by atoms with van der Waals surface area (Å²) in [6.45, 7) is 0. The fraction of sp³-hybridized carbons (Fsp3) is 0. The van der Waals surface area contributed by atoms with Crippen LogP contribution < -0.4 is 19.7 Å². The molecule has 1 fully saturated rings. The first-order valence-electron chi connectivity index (χ1n) is 10.6. The maximum absolute atomic E-state index is 13.4. The summed E-state index contributed by atoms with van der Waals surface area (Å²) >= 11 is 6.67. The van der Waals surface area contributed by atoms with E-state index < -0.39 is 11.8 Å². The second-order valence-corrected chi connectivity index (χ2v) is 8.77. The summed E-state index contributed by atoms with van der Waals surface area (Å²) in [6.07, 6.45) is 1.53. The van der Waals surface area contributed by atoms with Crippen LogP contribution in [0.1, 0.15) is 4.88 Å². The number of para-hydroxylation sites is 2. The van der Waals surface area contributed by atoms with E-state index in [1.54, 1.807) is 30.3 Å². The number of thiocarbonyl (C=S) groups is 1. The first-order chi connectivity index (χ1) is 17.1. The van der Waals surface area contributed by atoms with Crippen LogP contribution >= 0.6 is 23.6 Å². The lowest BCUT2D eigenvalue weighted by molar-refractivity contribution is -0.122. The number of hydrogen-bond donors (Lipinski definition) is 1. The zero-order chi connectivity index (χ0) is 24.2. The molecule has 172 valence electrons. The summed E-state index contributed by atoms with van der Waals surface area (Å²) in [5, 5.41) is 4.46. The molecule has 0 bridgehead atoms. The molecule has 2 amide bonds. The average Bonchev–Trinajstić information content (AvgIpc) is 3.30. The fourth-order valence-electron chi connectivity index (χ4n) is 3.43. The Morgan fingerprint density at radius 1 is 0.771 bits per heavy atom. The Hall–Kier alpha value is -4.27. The molecule has 0 unspecified atom stereocenters. The van der Waals surface area contributed by atoms with Crippen LogP contribution in [0.3, 0.4) is 0 Å². The van der Waals surface area contributed by atoms with Gasteiger partial charge in [0.15, 0.2) is 5.11 Å². The van der Waals surface area contributed by atoms with Crippen molar-refractivity contribution < 1.29 is 19.1 Å². The van der Waals surface area contributed by atoms with E-state index in [9.17, 15) is 9.59 Å². The van der Waals surface area contributed by atoms with Crippen molar-refractivity contribution in [1.29, 1.82) is 0 Å². The Morgan fingerprint density at radius 3 is 2.03 bits per heavy atom. The Kier molecular flexibility index (Phi) is 6.38. The van der Waals surface area contributed by atoms with Gasteiger partial charge in [0.05, 0.1) is 10.6 Å². The van der Waals surface area contributed by atoms with E-state index in [1.807, 2.05) is 66.0 Å². The van der Waals surface area contributed by atoms with Crippen molar-refractivity contribution >= 4 is 52.2 Å². The summed E-state index contributed by atoms with van der Waals surface area (Å²) in [4.78, 5) is 28.0. The highest BCUT2D eigenvalue weighted by molar-refractivity contribution is 7.80. The highest BCUT2D eigenvalue weighted by Gasteiger charge is 2.34. The fourth-order valence-corrected chi connectivity index (χ4v) is 4.46. The molecule has 2 heterocycles. The van der Waals surface area contributed by atoms with E-state index in [-0.39, 0.29) is 10.7 Å². The molecule has 1 aliphatic rings. The number of carbonyl (C=O) groups excluding carboxylic acids is 2. The highest BCUT2D eigenvalue weighted by atomic mass is 32.1. The van der Waals surface area contributed by atoms with Gasteiger partial charge in [0, 0.05) is 0 Å². The van der Waals surface area contributed by atoms with E-state index in [2.05, 4.69) is 5.32 Å². The Bertz CT molecular complexity index is 1410. The molecule has 1 N–H and O–H groups in total. The summed E-state index contributed by atoms with van der Waals surface area (Å²) in [5.74, 6) is 1.44. The monoisotopic (exact) mass is 498 g/mol. The van der Waals surface area contributed by atoms with E-state index in [1.165, 1.54) is 22.3 Å². The van der Waals surface area contributed by atoms with Crippen molar-refractivity contribution in [3.05, 3.63) is 107 Å². The molecule has 0 radical (unpaired) electrons. The first kappa shape index (κ1) is 22.5. The number of rotatable bonds is 6. The molecule has 5 rings (SSSR count). The largest absolute Gasteiger partial charge is 0.457 e. The molecule has 35 heavy (non-hydrogen) atoms. The van der Waals surface area contributed by atoms with Crippen LogP contribution in [0.2, 0.25) is 0 Å². The van der Waals surface area contributed by atoms with Gasteiger partial charge < -0.3 is 9.47 Å². The minimum Gasteiger partial charge on any atom is -0.457 e. The summed E-state index contributed by atoms with van der Waals surface area (Å²) in [5.41, 5.74) is 0.474. The summed E-state index contributed by atoms with van der Waals surface area (Å²) < 4.78 is 11.7.